The molecule has 0 bridgehead atoms. The van der Waals surface area contributed by atoms with Crippen molar-refractivity contribution in [3.8, 4) is 0 Å². The van der Waals surface area contributed by atoms with E-state index >= 15 is 0 Å². The highest BCUT2D eigenvalue weighted by Gasteiger charge is 2.11. The molecule has 1 unspecified atom stereocenters. The minimum absolute atomic E-state index is 0.0741. The third-order valence-electron chi connectivity index (χ3n) is 4.27. The Morgan fingerprint density at radius 2 is 1.61 bits per heavy atom. The summed E-state index contributed by atoms with van der Waals surface area (Å²) < 4.78 is 0. The standard InChI is InChI=1S/C22H22N4O2/c23-20(15-25-21(27)14-16-4-2-1-3-5-16)17-6-8-18(9-7-17)22(28)26-19-10-12-24-13-11-19/h1-13,20H,14-15,23H2,(H,25,27)(H,24,26,28). The molecule has 2 aromatic carbocycles. The maximum Gasteiger partial charge on any atom is 0.255 e. The predicted molar refractivity (Wildman–Crippen MR) is 109 cm³/mol. The van der Waals surface area contributed by atoms with Crippen LogP contribution >= 0.6 is 0 Å². The van der Waals surface area contributed by atoms with Gasteiger partial charge in [0, 0.05) is 36.2 Å². The Kier molecular flexibility index (Phi) is 6.49. The Bertz CT molecular complexity index is 912. The maximum absolute atomic E-state index is 12.3. The summed E-state index contributed by atoms with van der Waals surface area (Å²) in [5, 5.41) is 5.65. The molecule has 142 valence electrons. The minimum atomic E-state index is -0.350. The van der Waals surface area contributed by atoms with Crippen LogP contribution in [0.2, 0.25) is 0 Å². The highest BCUT2D eigenvalue weighted by atomic mass is 16.2. The van der Waals surface area contributed by atoms with Gasteiger partial charge < -0.3 is 16.4 Å². The number of amides is 2. The second kappa shape index (κ2) is 9.43. The molecular weight excluding hydrogens is 352 g/mol. The third kappa shape index (κ3) is 5.49. The van der Waals surface area contributed by atoms with Crippen molar-refractivity contribution in [3.05, 3.63) is 95.8 Å². The number of benzene rings is 2. The van der Waals surface area contributed by atoms with Crippen molar-refractivity contribution in [1.82, 2.24) is 10.3 Å². The number of hydrogen-bond donors (Lipinski definition) is 3. The molecule has 0 aliphatic rings. The van der Waals surface area contributed by atoms with Gasteiger partial charge in [0.15, 0.2) is 0 Å². The molecule has 0 radical (unpaired) electrons. The van der Waals surface area contributed by atoms with Crippen LogP contribution in [0.1, 0.15) is 27.5 Å². The second-order valence-corrected chi connectivity index (χ2v) is 6.38. The van der Waals surface area contributed by atoms with E-state index in [4.69, 9.17) is 5.73 Å². The monoisotopic (exact) mass is 374 g/mol. The summed E-state index contributed by atoms with van der Waals surface area (Å²) in [4.78, 5) is 28.2. The fourth-order valence-corrected chi connectivity index (χ4v) is 2.71. The molecule has 1 atom stereocenters. The molecule has 3 aromatic rings. The lowest BCUT2D eigenvalue weighted by molar-refractivity contribution is -0.120. The number of hydrogen-bond acceptors (Lipinski definition) is 4. The van der Waals surface area contributed by atoms with E-state index in [0.717, 1.165) is 11.1 Å². The molecule has 28 heavy (non-hydrogen) atoms. The first-order chi connectivity index (χ1) is 13.6. The molecule has 1 heterocycles. The molecule has 0 spiro atoms. The number of carbonyl (C=O) groups is 2. The Morgan fingerprint density at radius 3 is 2.29 bits per heavy atom. The molecular formula is C22H22N4O2. The van der Waals surface area contributed by atoms with Crippen molar-refractivity contribution in [2.45, 2.75) is 12.5 Å². The largest absolute Gasteiger partial charge is 0.354 e. The van der Waals surface area contributed by atoms with Gasteiger partial charge in [0.2, 0.25) is 5.91 Å². The maximum atomic E-state index is 12.3. The zero-order valence-corrected chi connectivity index (χ0v) is 15.3. The molecule has 3 rings (SSSR count). The van der Waals surface area contributed by atoms with Crippen LogP contribution in [0.5, 0.6) is 0 Å². The van der Waals surface area contributed by atoms with Crippen LogP contribution in [0.4, 0.5) is 5.69 Å². The normalized spacial score (nSPS) is 11.5. The average molecular weight is 374 g/mol. The minimum Gasteiger partial charge on any atom is -0.354 e. The topological polar surface area (TPSA) is 97.1 Å². The predicted octanol–water partition coefficient (Wildman–Crippen LogP) is 2.69. The van der Waals surface area contributed by atoms with Gasteiger partial charge in [0.05, 0.1) is 6.42 Å². The van der Waals surface area contributed by atoms with Gasteiger partial charge in [-0.3, -0.25) is 14.6 Å². The van der Waals surface area contributed by atoms with Crippen LogP contribution in [0.25, 0.3) is 0 Å². The van der Waals surface area contributed by atoms with Crippen LogP contribution in [-0.2, 0) is 11.2 Å². The molecule has 4 N–H and O–H groups in total. The van der Waals surface area contributed by atoms with E-state index in [1.165, 1.54) is 0 Å². The first-order valence-corrected chi connectivity index (χ1v) is 8.99. The molecule has 0 aliphatic heterocycles. The zero-order valence-electron chi connectivity index (χ0n) is 15.3. The Balaban J connectivity index is 1.51. The number of pyridine rings is 1. The SMILES string of the molecule is NC(CNC(=O)Cc1ccccc1)c1ccc(C(=O)Nc2ccncc2)cc1. The van der Waals surface area contributed by atoms with Crippen molar-refractivity contribution < 1.29 is 9.59 Å². The molecule has 1 aromatic heterocycles. The van der Waals surface area contributed by atoms with E-state index in [0.29, 0.717) is 24.2 Å². The van der Waals surface area contributed by atoms with Gasteiger partial charge >= 0.3 is 0 Å². The fraction of sp³-hybridized carbons (Fsp3) is 0.136. The van der Waals surface area contributed by atoms with Gasteiger partial charge in [0.25, 0.3) is 5.91 Å². The van der Waals surface area contributed by atoms with Gasteiger partial charge in [0.1, 0.15) is 0 Å². The van der Waals surface area contributed by atoms with E-state index < -0.39 is 0 Å². The lowest BCUT2D eigenvalue weighted by Crippen LogP contribution is -2.32. The smallest absolute Gasteiger partial charge is 0.255 e. The third-order valence-corrected chi connectivity index (χ3v) is 4.27. The van der Waals surface area contributed by atoms with Crippen LogP contribution in [0.15, 0.2) is 79.1 Å². The number of anilines is 1. The molecule has 0 fully saturated rings. The number of nitrogens with two attached hydrogens (primary N) is 1. The van der Waals surface area contributed by atoms with Crippen LogP contribution in [-0.4, -0.2) is 23.3 Å². The zero-order chi connectivity index (χ0) is 19.8. The van der Waals surface area contributed by atoms with E-state index in [-0.39, 0.29) is 17.9 Å². The van der Waals surface area contributed by atoms with Gasteiger partial charge in [-0.05, 0) is 35.4 Å². The van der Waals surface area contributed by atoms with Crippen molar-refractivity contribution in [2.75, 3.05) is 11.9 Å². The molecule has 0 saturated heterocycles. The van der Waals surface area contributed by atoms with Crippen LogP contribution in [0, 0.1) is 0 Å². The molecule has 0 saturated carbocycles. The summed E-state index contributed by atoms with van der Waals surface area (Å²) in [6.07, 6.45) is 3.55. The number of nitrogens with zero attached hydrogens (tertiary/aromatic N) is 1. The molecule has 2 amide bonds. The van der Waals surface area contributed by atoms with Gasteiger partial charge in [-0.2, -0.15) is 0 Å². The van der Waals surface area contributed by atoms with Crippen LogP contribution < -0.4 is 16.4 Å². The average Bonchev–Trinajstić information content (AvgIpc) is 2.73. The summed E-state index contributed by atoms with van der Waals surface area (Å²) in [7, 11) is 0. The van der Waals surface area contributed by atoms with Crippen molar-refractivity contribution >= 4 is 17.5 Å². The van der Waals surface area contributed by atoms with Gasteiger partial charge in [-0.15, -0.1) is 0 Å². The first kappa shape index (κ1) is 19.3. The van der Waals surface area contributed by atoms with Gasteiger partial charge in [-0.25, -0.2) is 0 Å². The molecule has 0 aliphatic carbocycles. The van der Waals surface area contributed by atoms with Gasteiger partial charge in [-0.1, -0.05) is 42.5 Å². The summed E-state index contributed by atoms with van der Waals surface area (Å²) in [5.74, 6) is -0.280. The Hall–Kier alpha value is -3.51. The summed E-state index contributed by atoms with van der Waals surface area (Å²) in [5.41, 5.74) is 9.18. The van der Waals surface area contributed by atoms with Crippen molar-refractivity contribution in [2.24, 2.45) is 5.73 Å². The second-order valence-electron chi connectivity index (χ2n) is 6.38. The van der Waals surface area contributed by atoms with Crippen molar-refractivity contribution in [1.29, 1.82) is 0 Å². The first-order valence-electron chi connectivity index (χ1n) is 8.99. The van der Waals surface area contributed by atoms with E-state index in [2.05, 4.69) is 15.6 Å². The van der Waals surface area contributed by atoms with E-state index in [9.17, 15) is 9.59 Å². The number of aromatic nitrogens is 1. The highest BCUT2D eigenvalue weighted by Crippen LogP contribution is 2.13. The highest BCUT2D eigenvalue weighted by molar-refractivity contribution is 6.04. The summed E-state index contributed by atoms with van der Waals surface area (Å²) in [6, 6.07) is 19.7. The Morgan fingerprint density at radius 1 is 0.929 bits per heavy atom. The number of nitrogens with one attached hydrogen (secondary N) is 2. The lowest BCUT2D eigenvalue weighted by atomic mass is 10.0. The van der Waals surface area contributed by atoms with Crippen molar-refractivity contribution in [3.63, 3.8) is 0 Å². The number of rotatable bonds is 7. The lowest BCUT2D eigenvalue weighted by Gasteiger charge is -2.14. The summed E-state index contributed by atoms with van der Waals surface area (Å²) >= 11 is 0. The van der Waals surface area contributed by atoms with E-state index in [1.54, 1.807) is 48.8 Å². The number of carbonyl (C=O) groups excluding carboxylic acids is 2. The van der Waals surface area contributed by atoms with Crippen LogP contribution in [0.3, 0.4) is 0 Å². The fourth-order valence-electron chi connectivity index (χ4n) is 2.71. The van der Waals surface area contributed by atoms with E-state index in [1.807, 2.05) is 30.3 Å². The molecule has 6 heteroatoms. The Labute approximate surface area is 163 Å². The quantitative estimate of drug-likeness (QED) is 0.592. The molecule has 6 nitrogen and oxygen atoms in total. The summed E-state index contributed by atoms with van der Waals surface area (Å²) in [6.45, 7) is 0.328.